The molecule has 0 amide bonds. The highest BCUT2D eigenvalue weighted by Crippen LogP contribution is 2.32. The van der Waals surface area contributed by atoms with Crippen LogP contribution in [0.1, 0.15) is 0 Å². The van der Waals surface area contributed by atoms with Gasteiger partial charge in [0.1, 0.15) is 11.5 Å². The van der Waals surface area contributed by atoms with Gasteiger partial charge in [-0.15, -0.1) is 0 Å². The molecule has 0 N–H and O–H groups in total. The molecule has 0 spiro atoms. The summed E-state index contributed by atoms with van der Waals surface area (Å²) in [6, 6.07) is 11.1. The van der Waals surface area contributed by atoms with E-state index >= 15 is 0 Å². The Bertz CT molecular complexity index is 865. The Labute approximate surface area is 116 Å². The number of hydrogen-bond acceptors (Lipinski definition) is 3. The molecule has 0 saturated carbocycles. The fraction of sp³-hybridized carbons (Fsp3) is 0.188. The predicted octanol–water partition coefficient (Wildman–Crippen LogP) is 2.71. The molecule has 1 heterocycles. The lowest BCUT2D eigenvalue weighted by atomic mass is 10.1. The minimum atomic E-state index is -0.0375. The number of aryl methyl sites for hydroxylation is 1. The van der Waals surface area contributed by atoms with Crippen molar-refractivity contribution in [2.45, 2.75) is 0 Å². The fourth-order valence-corrected chi connectivity index (χ4v) is 2.65. The third-order valence-corrected chi connectivity index (χ3v) is 3.62. The quantitative estimate of drug-likeness (QED) is 0.672. The zero-order valence-electron chi connectivity index (χ0n) is 11.6. The van der Waals surface area contributed by atoms with E-state index in [1.807, 2.05) is 41.9 Å². The van der Waals surface area contributed by atoms with Crippen molar-refractivity contribution in [2.24, 2.45) is 7.05 Å². The van der Waals surface area contributed by atoms with Gasteiger partial charge in [0.05, 0.1) is 30.6 Å². The topological polar surface area (TPSA) is 40.5 Å². The van der Waals surface area contributed by atoms with Crippen molar-refractivity contribution in [2.75, 3.05) is 14.2 Å². The average molecular weight is 269 g/mol. The molecule has 0 aliphatic rings. The Hall–Kier alpha value is -2.49. The van der Waals surface area contributed by atoms with Crippen LogP contribution in [0.2, 0.25) is 0 Å². The van der Waals surface area contributed by atoms with E-state index in [0.29, 0.717) is 22.3 Å². The van der Waals surface area contributed by atoms with E-state index < -0.39 is 0 Å². The molecular weight excluding hydrogens is 254 g/mol. The highest BCUT2D eigenvalue weighted by molar-refractivity contribution is 5.99. The zero-order chi connectivity index (χ0) is 14.3. The van der Waals surface area contributed by atoms with Gasteiger partial charge in [-0.25, -0.2) is 0 Å². The van der Waals surface area contributed by atoms with Crippen LogP contribution < -0.4 is 14.9 Å². The zero-order valence-corrected chi connectivity index (χ0v) is 11.6. The van der Waals surface area contributed by atoms with E-state index in [-0.39, 0.29) is 5.43 Å². The summed E-state index contributed by atoms with van der Waals surface area (Å²) >= 11 is 0. The number of hydrogen-bond donors (Lipinski definition) is 0. The van der Waals surface area contributed by atoms with Gasteiger partial charge >= 0.3 is 0 Å². The van der Waals surface area contributed by atoms with Gasteiger partial charge in [0.2, 0.25) is 5.43 Å². The summed E-state index contributed by atoms with van der Waals surface area (Å²) in [6.45, 7) is 0. The summed E-state index contributed by atoms with van der Waals surface area (Å²) in [5, 5.41) is 1.22. The number of benzene rings is 2. The number of methoxy groups -OCH3 is 2. The Balaban J connectivity index is 2.68. The number of para-hydroxylation sites is 1. The van der Waals surface area contributed by atoms with Crippen LogP contribution in [0.4, 0.5) is 0 Å². The molecule has 0 bridgehead atoms. The van der Waals surface area contributed by atoms with Crippen LogP contribution in [0.3, 0.4) is 0 Å². The number of fused-ring (bicyclic) bond motifs is 2. The lowest BCUT2D eigenvalue weighted by Gasteiger charge is -2.15. The van der Waals surface area contributed by atoms with Crippen LogP contribution in [0.5, 0.6) is 11.5 Å². The SMILES string of the molecule is COc1ccc(OC)c2c1c(=O)c1ccccc1n2C. The molecule has 0 fully saturated rings. The van der Waals surface area contributed by atoms with Gasteiger partial charge in [-0.2, -0.15) is 0 Å². The van der Waals surface area contributed by atoms with E-state index in [1.165, 1.54) is 0 Å². The molecule has 102 valence electrons. The molecule has 0 radical (unpaired) electrons. The highest BCUT2D eigenvalue weighted by atomic mass is 16.5. The third-order valence-electron chi connectivity index (χ3n) is 3.62. The number of aromatic nitrogens is 1. The number of nitrogens with zero attached hydrogens (tertiary/aromatic N) is 1. The normalized spacial score (nSPS) is 10.9. The number of rotatable bonds is 2. The van der Waals surface area contributed by atoms with Gasteiger partial charge in [-0.05, 0) is 24.3 Å². The van der Waals surface area contributed by atoms with Crippen molar-refractivity contribution in [3.05, 3.63) is 46.6 Å². The first-order valence-electron chi connectivity index (χ1n) is 6.31. The minimum Gasteiger partial charge on any atom is -0.496 e. The molecular formula is C16H15NO3. The molecule has 0 unspecified atom stereocenters. The minimum absolute atomic E-state index is 0.0375. The standard InChI is InChI=1S/C16H15NO3/c1-17-11-7-5-4-6-10(11)16(18)14-12(19-2)8-9-13(20-3)15(14)17/h4-9H,1-3H3. The molecule has 0 aliphatic heterocycles. The maximum atomic E-state index is 12.7. The van der Waals surface area contributed by atoms with E-state index in [9.17, 15) is 4.79 Å². The monoisotopic (exact) mass is 269 g/mol. The maximum absolute atomic E-state index is 12.7. The summed E-state index contributed by atoms with van der Waals surface area (Å²) < 4.78 is 12.7. The summed E-state index contributed by atoms with van der Waals surface area (Å²) in [5.41, 5.74) is 1.58. The van der Waals surface area contributed by atoms with Gasteiger partial charge in [-0.3, -0.25) is 4.79 Å². The second-order valence-corrected chi connectivity index (χ2v) is 4.60. The summed E-state index contributed by atoms with van der Waals surface area (Å²) in [4.78, 5) is 12.7. The largest absolute Gasteiger partial charge is 0.496 e. The summed E-state index contributed by atoms with van der Waals surface area (Å²) in [5.74, 6) is 1.22. The van der Waals surface area contributed by atoms with Crippen LogP contribution in [-0.4, -0.2) is 18.8 Å². The first-order chi connectivity index (χ1) is 9.69. The molecule has 4 heteroatoms. The molecule has 3 aromatic rings. The van der Waals surface area contributed by atoms with Crippen molar-refractivity contribution in [1.29, 1.82) is 0 Å². The first-order valence-corrected chi connectivity index (χ1v) is 6.31. The first kappa shape index (κ1) is 12.5. The van der Waals surface area contributed by atoms with Gasteiger partial charge in [-0.1, -0.05) is 12.1 Å². The number of ether oxygens (including phenoxy) is 2. The second kappa shape index (κ2) is 4.56. The second-order valence-electron chi connectivity index (χ2n) is 4.60. The third kappa shape index (κ3) is 1.58. The Kier molecular flexibility index (Phi) is 2.86. The van der Waals surface area contributed by atoms with Crippen molar-refractivity contribution >= 4 is 21.8 Å². The summed E-state index contributed by atoms with van der Waals surface area (Å²) in [6.07, 6.45) is 0. The lowest BCUT2D eigenvalue weighted by Crippen LogP contribution is -2.11. The Morgan fingerprint density at radius 2 is 1.60 bits per heavy atom. The van der Waals surface area contributed by atoms with Crippen LogP contribution in [0.15, 0.2) is 41.2 Å². The Morgan fingerprint density at radius 3 is 2.30 bits per heavy atom. The van der Waals surface area contributed by atoms with Gasteiger partial charge in [0.15, 0.2) is 0 Å². The van der Waals surface area contributed by atoms with Gasteiger partial charge in [0.25, 0.3) is 0 Å². The Morgan fingerprint density at radius 1 is 0.950 bits per heavy atom. The molecule has 0 aliphatic carbocycles. The van der Waals surface area contributed by atoms with Gasteiger partial charge in [0, 0.05) is 12.4 Å². The lowest BCUT2D eigenvalue weighted by molar-refractivity contribution is 0.409. The number of pyridine rings is 1. The maximum Gasteiger partial charge on any atom is 0.201 e. The van der Waals surface area contributed by atoms with Crippen LogP contribution in [0.25, 0.3) is 21.8 Å². The molecule has 0 atom stereocenters. The van der Waals surface area contributed by atoms with Crippen LogP contribution in [0, 0.1) is 0 Å². The molecule has 1 aromatic heterocycles. The van der Waals surface area contributed by atoms with E-state index in [0.717, 1.165) is 11.0 Å². The summed E-state index contributed by atoms with van der Waals surface area (Å²) in [7, 11) is 5.09. The average Bonchev–Trinajstić information content (AvgIpc) is 2.51. The van der Waals surface area contributed by atoms with Gasteiger partial charge < -0.3 is 14.0 Å². The molecule has 0 saturated heterocycles. The van der Waals surface area contributed by atoms with Crippen molar-refractivity contribution < 1.29 is 9.47 Å². The van der Waals surface area contributed by atoms with E-state index in [4.69, 9.17) is 9.47 Å². The molecule has 3 rings (SSSR count). The van der Waals surface area contributed by atoms with E-state index in [2.05, 4.69) is 0 Å². The fourth-order valence-electron chi connectivity index (χ4n) is 2.65. The van der Waals surface area contributed by atoms with Crippen molar-refractivity contribution in [1.82, 2.24) is 4.57 Å². The molecule has 20 heavy (non-hydrogen) atoms. The predicted molar refractivity (Wildman–Crippen MR) is 79.8 cm³/mol. The van der Waals surface area contributed by atoms with Crippen molar-refractivity contribution in [3.63, 3.8) is 0 Å². The highest BCUT2D eigenvalue weighted by Gasteiger charge is 2.16. The van der Waals surface area contributed by atoms with Crippen molar-refractivity contribution in [3.8, 4) is 11.5 Å². The van der Waals surface area contributed by atoms with E-state index in [1.54, 1.807) is 20.3 Å². The molecule has 4 nitrogen and oxygen atoms in total. The van der Waals surface area contributed by atoms with Crippen LogP contribution >= 0.6 is 0 Å². The smallest absolute Gasteiger partial charge is 0.201 e. The van der Waals surface area contributed by atoms with Crippen LogP contribution in [-0.2, 0) is 7.05 Å². The molecule has 2 aromatic carbocycles.